The molecule has 320 valence electrons. The van der Waals surface area contributed by atoms with Crippen LogP contribution in [0.5, 0.6) is 0 Å². The van der Waals surface area contributed by atoms with Gasteiger partial charge in [-0.25, -0.2) is 0 Å². The van der Waals surface area contributed by atoms with Gasteiger partial charge < -0.3 is 71.8 Å². The average molecular weight is 787 g/mol. The minimum Gasteiger partial charge on any atom is -0.481 e. The number of hydrogen-bond donors (Lipinski definition) is 13. The maximum Gasteiger partial charge on any atom is 0.304 e. The van der Waals surface area contributed by atoms with Gasteiger partial charge in [-0.3, -0.25) is 28.8 Å². The van der Waals surface area contributed by atoms with Crippen LogP contribution < -0.4 is 66.7 Å². The molecular weight excluding hydrogens is 712 g/mol. The average Bonchev–Trinajstić information content (AvgIpc) is 3.09. The highest BCUT2D eigenvalue weighted by atomic mass is 16.4. The van der Waals surface area contributed by atoms with E-state index in [1.807, 2.05) is 0 Å². The van der Waals surface area contributed by atoms with Crippen molar-refractivity contribution in [1.82, 2.24) is 26.6 Å². The second-order valence-electron chi connectivity index (χ2n) is 14.6. The number of carboxylic acid groups (broad SMARTS) is 1. The van der Waals surface area contributed by atoms with Crippen molar-refractivity contribution in [1.29, 1.82) is 0 Å². The molecule has 0 aliphatic heterocycles. The lowest BCUT2D eigenvalue weighted by molar-refractivity contribution is -0.137. The molecule has 0 saturated heterocycles. The van der Waals surface area contributed by atoms with Crippen LogP contribution in [-0.2, 0) is 28.8 Å². The molecule has 0 aromatic rings. The maximum absolute atomic E-state index is 12.3. The lowest BCUT2D eigenvalue weighted by atomic mass is 10.1. The van der Waals surface area contributed by atoms with Crippen molar-refractivity contribution in [3.8, 4) is 0 Å². The fraction of sp³-hybridized carbons (Fsp3) is 0.833. The smallest absolute Gasteiger partial charge is 0.304 e. The molecule has 19 nitrogen and oxygen atoms in total. The van der Waals surface area contributed by atoms with Gasteiger partial charge in [-0.2, -0.15) is 0 Å². The van der Waals surface area contributed by atoms with Crippen molar-refractivity contribution in [2.24, 2.45) is 40.1 Å². The molecule has 0 fully saturated rings. The van der Waals surface area contributed by atoms with E-state index >= 15 is 0 Å². The number of aliphatic carboxylic acids is 1. The first-order valence-electron chi connectivity index (χ1n) is 19.9. The molecule has 0 rings (SSSR count). The van der Waals surface area contributed by atoms with Gasteiger partial charge in [0.1, 0.15) is 0 Å². The molecule has 55 heavy (non-hydrogen) atoms. The van der Waals surface area contributed by atoms with E-state index < -0.39 is 12.0 Å². The molecule has 0 bridgehead atoms. The minimum absolute atomic E-state index is 0.103. The van der Waals surface area contributed by atoms with E-state index in [2.05, 4.69) is 26.6 Å². The highest BCUT2D eigenvalue weighted by molar-refractivity contribution is 5.78. The van der Waals surface area contributed by atoms with Crippen LogP contribution in [0.3, 0.4) is 0 Å². The molecule has 0 aromatic heterocycles. The monoisotopic (exact) mass is 787 g/mol. The Kier molecular flexibility index (Phi) is 30.7. The maximum atomic E-state index is 12.3. The SMILES string of the molecule is NCCC[C@H](N)CC(=O)NCCC[C@H](N)CC(=O)NCCC[C@H](N)CC(=O)NCCC[C@H](N)CC(=O)NCCC[C@H](N)CC(=O)NCCC[C@H](N)CC(=O)O. The van der Waals surface area contributed by atoms with Crippen LogP contribution in [0, 0.1) is 0 Å². The molecule has 0 unspecified atom stereocenters. The Bertz CT molecular complexity index is 1100. The largest absolute Gasteiger partial charge is 0.481 e. The van der Waals surface area contributed by atoms with Gasteiger partial charge in [-0.1, -0.05) is 0 Å². The van der Waals surface area contributed by atoms with Crippen LogP contribution in [0.1, 0.15) is 116 Å². The summed E-state index contributed by atoms with van der Waals surface area (Å²) in [4.78, 5) is 71.3. The van der Waals surface area contributed by atoms with Gasteiger partial charge in [0.2, 0.25) is 29.5 Å². The Morgan fingerprint density at radius 2 is 0.564 bits per heavy atom. The van der Waals surface area contributed by atoms with Gasteiger partial charge in [0.05, 0.1) is 6.42 Å². The Labute approximate surface area is 326 Å². The molecule has 0 spiro atoms. The number of amides is 5. The predicted octanol–water partition coefficient (Wildman–Crippen LogP) is -2.40. The van der Waals surface area contributed by atoms with E-state index in [4.69, 9.17) is 45.2 Å². The molecular formula is C36H74N12O7. The molecule has 0 aromatic carbocycles. The van der Waals surface area contributed by atoms with E-state index in [0.717, 1.165) is 6.42 Å². The Balaban J connectivity index is 3.85. The van der Waals surface area contributed by atoms with Crippen LogP contribution in [0.25, 0.3) is 0 Å². The van der Waals surface area contributed by atoms with Crippen molar-refractivity contribution < 1.29 is 33.9 Å². The number of carboxylic acids is 1. The minimum atomic E-state index is -0.947. The Morgan fingerprint density at radius 3 is 0.764 bits per heavy atom. The summed E-state index contributed by atoms with van der Waals surface area (Å²) >= 11 is 0. The summed E-state index contributed by atoms with van der Waals surface area (Å²) in [5.41, 5.74) is 41.4. The highest BCUT2D eigenvalue weighted by Gasteiger charge is 2.15. The van der Waals surface area contributed by atoms with Crippen molar-refractivity contribution in [3.05, 3.63) is 0 Å². The third-order valence-corrected chi connectivity index (χ3v) is 8.82. The summed E-state index contributed by atoms with van der Waals surface area (Å²) in [6.45, 7) is 2.68. The van der Waals surface area contributed by atoms with Gasteiger partial charge in [-0.05, 0) is 83.6 Å². The van der Waals surface area contributed by atoms with Crippen LogP contribution in [-0.4, -0.2) is 116 Å². The zero-order chi connectivity index (χ0) is 41.4. The zero-order valence-electron chi connectivity index (χ0n) is 32.9. The summed E-state index contributed by atoms with van der Waals surface area (Å²) in [6, 6.07) is -2.02. The third-order valence-electron chi connectivity index (χ3n) is 8.82. The first kappa shape index (κ1) is 51.5. The van der Waals surface area contributed by atoms with Gasteiger partial charge in [0.15, 0.2) is 0 Å². The topological polar surface area (TPSA) is 365 Å². The summed E-state index contributed by atoms with van der Waals surface area (Å²) in [7, 11) is 0. The van der Waals surface area contributed by atoms with E-state index in [9.17, 15) is 28.8 Å². The molecule has 19 heteroatoms. The van der Waals surface area contributed by atoms with E-state index in [1.54, 1.807) is 0 Å². The summed E-state index contributed by atoms with van der Waals surface area (Å²) in [5, 5.41) is 22.8. The molecule has 0 aliphatic rings. The van der Waals surface area contributed by atoms with Crippen LogP contribution in [0.15, 0.2) is 0 Å². The van der Waals surface area contributed by atoms with Gasteiger partial charge >= 0.3 is 5.97 Å². The van der Waals surface area contributed by atoms with Crippen LogP contribution >= 0.6 is 0 Å². The number of carbonyl (C=O) groups excluding carboxylic acids is 5. The number of rotatable bonds is 35. The number of carbonyl (C=O) groups is 6. The summed E-state index contributed by atoms with van der Waals surface area (Å²) in [5.74, 6) is -1.74. The second kappa shape index (κ2) is 32.8. The molecule has 6 atom stereocenters. The molecule has 0 aliphatic carbocycles. The van der Waals surface area contributed by atoms with Crippen molar-refractivity contribution >= 4 is 35.5 Å². The first-order valence-corrected chi connectivity index (χ1v) is 19.9. The van der Waals surface area contributed by atoms with Crippen molar-refractivity contribution in [3.63, 3.8) is 0 Å². The van der Waals surface area contributed by atoms with Crippen LogP contribution in [0.4, 0.5) is 0 Å². The van der Waals surface area contributed by atoms with E-state index in [-0.39, 0.29) is 98.3 Å². The molecule has 0 heterocycles. The fourth-order valence-corrected chi connectivity index (χ4v) is 5.73. The van der Waals surface area contributed by atoms with Crippen LogP contribution in [0.2, 0.25) is 0 Å². The number of nitrogens with two attached hydrogens (primary N) is 7. The quantitative estimate of drug-likeness (QED) is 0.0298. The van der Waals surface area contributed by atoms with Crippen molar-refractivity contribution in [2.45, 2.75) is 152 Å². The highest BCUT2D eigenvalue weighted by Crippen LogP contribution is 2.05. The van der Waals surface area contributed by atoms with Crippen molar-refractivity contribution in [2.75, 3.05) is 39.3 Å². The standard InChI is InChI=1S/C36H74N12O7/c37-13-1-7-25(38)19-31(49)44-14-2-8-26(39)20-32(50)45-15-3-9-27(40)21-33(51)46-16-4-10-28(41)22-34(52)47-17-5-11-29(42)23-35(53)48-18-6-12-30(43)24-36(54)55/h25-30H,1-24,37-43H2,(H,44,49)(H,45,50)(H,46,51)(H,47,52)(H,48,53)(H,54,55)/t25-,26-,27-,28-,29-,30-/m0/s1. The molecule has 5 amide bonds. The summed E-state index contributed by atoms with van der Waals surface area (Å²) in [6.07, 6.45) is 8.11. The fourth-order valence-electron chi connectivity index (χ4n) is 5.73. The normalized spacial score (nSPS) is 14.5. The lowest BCUT2D eigenvalue weighted by Gasteiger charge is -2.15. The number of hydrogen-bond acceptors (Lipinski definition) is 13. The predicted molar refractivity (Wildman–Crippen MR) is 213 cm³/mol. The zero-order valence-corrected chi connectivity index (χ0v) is 32.9. The summed E-state index contributed by atoms with van der Waals surface area (Å²) < 4.78 is 0. The first-order chi connectivity index (χ1) is 26.1. The molecule has 0 saturated carbocycles. The number of nitrogens with one attached hydrogen (secondary N) is 5. The lowest BCUT2D eigenvalue weighted by Crippen LogP contribution is -2.36. The molecule has 0 radical (unpaired) electrons. The van der Waals surface area contributed by atoms with E-state index in [0.29, 0.717) is 110 Å². The second-order valence-corrected chi connectivity index (χ2v) is 14.6. The van der Waals surface area contributed by atoms with Gasteiger partial charge in [0, 0.05) is 101 Å². The Morgan fingerprint density at radius 1 is 0.364 bits per heavy atom. The Hall–Kier alpha value is -3.46. The van der Waals surface area contributed by atoms with Gasteiger partial charge in [-0.15, -0.1) is 0 Å². The van der Waals surface area contributed by atoms with E-state index in [1.165, 1.54) is 0 Å². The molecule has 20 N–H and O–H groups in total. The van der Waals surface area contributed by atoms with Gasteiger partial charge in [0.25, 0.3) is 0 Å². The third kappa shape index (κ3) is 33.6.